The molecule has 4 rings (SSSR count). The quantitative estimate of drug-likeness (QED) is 0.848. The van der Waals surface area contributed by atoms with Crippen LogP contribution in [0.1, 0.15) is 48.2 Å². The number of rotatable bonds is 3. The van der Waals surface area contributed by atoms with Crippen molar-refractivity contribution in [1.29, 1.82) is 0 Å². The largest absolute Gasteiger partial charge is 0.337 e. The Hall–Kier alpha value is -1.75. The number of nitrogens with zero attached hydrogens (tertiary/aromatic N) is 3. The number of amides is 1. The van der Waals surface area contributed by atoms with Crippen LogP contribution in [0.5, 0.6) is 0 Å². The van der Waals surface area contributed by atoms with Crippen molar-refractivity contribution in [1.82, 2.24) is 14.9 Å². The Morgan fingerprint density at radius 3 is 2.96 bits per heavy atom. The number of aromatic nitrogens is 2. The summed E-state index contributed by atoms with van der Waals surface area (Å²) < 4.78 is 0. The first-order chi connectivity index (χ1) is 11.7. The second-order valence-electron chi connectivity index (χ2n) is 7.06. The molecule has 0 aromatic carbocycles. The van der Waals surface area contributed by atoms with E-state index in [9.17, 15) is 4.79 Å². The van der Waals surface area contributed by atoms with Crippen molar-refractivity contribution in [2.75, 3.05) is 6.54 Å². The highest BCUT2D eigenvalue weighted by Crippen LogP contribution is 2.33. The van der Waals surface area contributed by atoms with E-state index in [1.807, 2.05) is 24.2 Å². The van der Waals surface area contributed by atoms with Gasteiger partial charge in [0, 0.05) is 42.2 Å². The van der Waals surface area contributed by atoms with E-state index in [0.29, 0.717) is 11.8 Å². The molecule has 5 heteroatoms. The topological polar surface area (TPSA) is 46.1 Å². The fraction of sp³-hybridized carbons (Fsp3) is 0.526. The molecular weight excluding hydrogens is 318 g/mol. The van der Waals surface area contributed by atoms with Crippen LogP contribution < -0.4 is 0 Å². The smallest absolute Gasteiger partial charge is 0.223 e. The van der Waals surface area contributed by atoms with E-state index in [4.69, 9.17) is 4.98 Å². The first-order valence-corrected chi connectivity index (χ1v) is 9.69. The molecule has 2 aliphatic rings. The number of carbonyl (C=O) groups excluding carboxylic acids is 1. The Kier molecular flexibility index (Phi) is 4.35. The van der Waals surface area contributed by atoms with Gasteiger partial charge in [-0.2, -0.15) is 0 Å². The Bertz CT molecular complexity index is 749. The monoisotopic (exact) mass is 341 g/mol. The normalized spacial score (nSPS) is 18.0. The fourth-order valence-corrected chi connectivity index (χ4v) is 4.90. The van der Waals surface area contributed by atoms with Crippen molar-refractivity contribution in [2.24, 2.45) is 5.92 Å². The minimum absolute atomic E-state index is 0.333. The Labute approximate surface area is 146 Å². The van der Waals surface area contributed by atoms with Crippen molar-refractivity contribution < 1.29 is 4.79 Å². The summed E-state index contributed by atoms with van der Waals surface area (Å²) in [6.45, 7) is 3.60. The summed E-state index contributed by atoms with van der Waals surface area (Å²) in [7, 11) is 0. The number of aryl methyl sites for hydroxylation is 1. The maximum absolute atomic E-state index is 12.6. The predicted molar refractivity (Wildman–Crippen MR) is 95.8 cm³/mol. The molecule has 0 saturated heterocycles. The van der Waals surface area contributed by atoms with Crippen LogP contribution in [0.25, 0.3) is 10.6 Å². The zero-order valence-corrected chi connectivity index (χ0v) is 14.9. The third-order valence-corrected chi connectivity index (χ3v) is 6.28. The van der Waals surface area contributed by atoms with E-state index in [-0.39, 0.29) is 0 Å². The van der Waals surface area contributed by atoms with Crippen LogP contribution >= 0.6 is 11.3 Å². The Morgan fingerprint density at radius 1 is 1.33 bits per heavy atom. The van der Waals surface area contributed by atoms with Crippen molar-refractivity contribution in [3.05, 3.63) is 34.6 Å². The van der Waals surface area contributed by atoms with Crippen molar-refractivity contribution in [3.63, 3.8) is 0 Å². The van der Waals surface area contributed by atoms with E-state index >= 15 is 0 Å². The van der Waals surface area contributed by atoms with Gasteiger partial charge in [-0.1, -0.05) is 12.8 Å². The molecule has 1 aliphatic carbocycles. The number of hydrogen-bond acceptors (Lipinski definition) is 4. The van der Waals surface area contributed by atoms with Gasteiger partial charge in [-0.3, -0.25) is 9.78 Å². The van der Waals surface area contributed by atoms with Gasteiger partial charge in [0.15, 0.2) is 0 Å². The average Bonchev–Trinajstić information content (AvgIpc) is 3.23. The molecule has 1 fully saturated rings. The first-order valence-electron chi connectivity index (χ1n) is 8.87. The molecule has 0 spiro atoms. The molecule has 1 aliphatic heterocycles. The van der Waals surface area contributed by atoms with Crippen LogP contribution in [0.4, 0.5) is 0 Å². The van der Waals surface area contributed by atoms with Gasteiger partial charge in [-0.05, 0) is 37.3 Å². The Balaban J connectivity index is 1.48. The van der Waals surface area contributed by atoms with Crippen LogP contribution in [-0.2, 0) is 17.8 Å². The highest BCUT2D eigenvalue weighted by Gasteiger charge is 2.27. The van der Waals surface area contributed by atoms with Crippen LogP contribution in [-0.4, -0.2) is 27.3 Å². The summed E-state index contributed by atoms with van der Waals surface area (Å²) in [5.74, 6) is 0.953. The third kappa shape index (κ3) is 3.22. The lowest BCUT2D eigenvalue weighted by molar-refractivity contribution is -0.133. The predicted octanol–water partition coefficient (Wildman–Crippen LogP) is 3.98. The molecule has 1 saturated carbocycles. The number of carbonyl (C=O) groups is 1. The maximum atomic E-state index is 12.6. The van der Waals surface area contributed by atoms with E-state index in [1.54, 1.807) is 11.3 Å². The standard InChI is InChI=1S/C19H23N3OS/c1-13-8-15(11-20-10-13)19-21-16-6-7-22(12-17(16)24-19)18(23)9-14-4-2-3-5-14/h8,10-11,14H,2-7,9,12H2,1H3. The SMILES string of the molecule is Cc1cncc(-c2nc3c(s2)CN(C(=O)CC2CCCC2)CC3)c1. The first kappa shape index (κ1) is 15.8. The average molecular weight is 341 g/mol. The summed E-state index contributed by atoms with van der Waals surface area (Å²) in [6.07, 6.45) is 10.4. The molecule has 0 atom stereocenters. The molecule has 24 heavy (non-hydrogen) atoms. The molecular formula is C19H23N3OS. The molecule has 2 aromatic rings. The molecule has 4 nitrogen and oxygen atoms in total. The molecule has 0 unspecified atom stereocenters. The lowest BCUT2D eigenvalue weighted by Gasteiger charge is -2.27. The number of hydrogen-bond donors (Lipinski definition) is 0. The summed E-state index contributed by atoms with van der Waals surface area (Å²) in [5, 5.41) is 1.03. The molecule has 0 radical (unpaired) electrons. The third-order valence-electron chi connectivity index (χ3n) is 5.14. The maximum Gasteiger partial charge on any atom is 0.223 e. The highest BCUT2D eigenvalue weighted by atomic mass is 32.1. The zero-order chi connectivity index (χ0) is 16.5. The lowest BCUT2D eigenvalue weighted by Crippen LogP contribution is -2.36. The molecule has 1 amide bonds. The van der Waals surface area contributed by atoms with E-state index in [1.165, 1.54) is 36.3 Å². The number of thiazole rings is 1. The number of pyridine rings is 1. The van der Waals surface area contributed by atoms with Gasteiger partial charge in [0.2, 0.25) is 5.91 Å². The minimum Gasteiger partial charge on any atom is -0.337 e. The molecule has 3 heterocycles. The summed E-state index contributed by atoms with van der Waals surface area (Å²) in [5.41, 5.74) is 3.40. The van der Waals surface area contributed by atoms with Crippen LogP contribution in [0.2, 0.25) is 0 Å². The van der Waals surface area contributed by atoms with Crippen molar-refractivity contribution >= 4 is 17.2 Å². The zero-order valence-electron chi connectivity index (χ0n) is 14.1. The summed E-state index contributed by atoms with van der Waals surface area (Å²) in [6, 6.07) is 2.13. The van der Waals surface area contributed by atoms with Crippen LogP contribution in [0.3, 0.4) is 0 Å². The summed E-state index contributed by atoms with van der Waals surface area (Å²) >= 11 is 1.72. The molecule has 2 aromatic heterocycles. The Morgan fingerprint density at radius 2 is 2.17 bits per heavy atom. The lowest BCUT2D eigenvalue weighted by atomic mass is 10.0. The second-order valence-corrected chi connectivity index (χ2v) is 8.14. The van der Waals surface area contributed by atoms with Crippen molar-refractivity contribution in [3.8, 4) is 10.6 Å². The number of fused-ring (bicyclic) bond motifs is 1. The van der Waals surface area contributed by atoms with Crippen LogP contribution in [0, 0.1) is 12.8 Å². The van der Waals surface area contributed by atoms with Gasteiger partial charge < -0.3 is 4.90 Å². The van der Waals surface area contributed by atoms with E-state index in [0.717, 1.165) is 42.1 Å². The van der Waals surface area contributed by atoms with E-state index in [2.05, 4.69) is 11.1 Å². The van der Waals surface area contributed by atoms with Gasteiger partial charge in [0.05, 0.1) is 12.2 Å². The second kappa shape index (κ2) is 6.63. The molecule has 126 valence electrons. The van der Waals surface area contributed by atoms with Crippen molar-refractivity contribution in [2.45, 2.75) is 52.0 Å². The summed E-state index contributed by atoms with van der Waals surface area (Å²) in [4.78, 5) is 24.9. The van der Waals surface area contributed by atoms with Gasteiger partial charge >= 0.3 is 0 Å². The van der Waals surface area contributed by atoms with Crippen LogP contribution in [0.15, 0.2) is 18.5 Å². The molecule has 0 bridgehead atoms. The van der Waals surface area contributed by atoms with Gasteiger partial charge in [0.25, 0.3) is 0 Å². The highest BCUT2D eigenvalue weighted by molar-refractivity contribution is 7.15. The van der Waals surface area contributed by atoms with Gasteiger partial charge in [0.1, 0.15) is 5.01 Å². The minimum atomic E-state index is 0.333. The van der Waals surface area contributed by atoms with Gasteiger partial charge in [-0.25, -0.2) is 4.98 Å². The fourth-order valence-electron chi connectivity index (χ4n) is 3.79. The van der Waals surface area contributed by atoms with E-state index < -0.39 is 0 Å². The molecule has 0 N–H and O–H groups in total. The van der Waals surface area contributed by atoms with Gasteiger partial charge in [-0.15, -0.1) is 11.3 Å².